The highest BCUT2D eigenvalue weighted by atomic mass is 15.2. The molecule has 1 saturated carbocycles. The molecule has 0 amide bonds. The van der Waals surface area contributed by atoms with Crippen molar-refractivity contribution in [3.05, 3.63) is 0 Å². The van der Waals surface area contributed by atoms with Gasteiger partial charge in [-0.15, -0.1) is 0 Å². The standard InChI is InChI=1S/C14H28N2/c1-10(2)12-7-14(8-12)16-11(3)5-4-6-13(16)9-15/h10-14H,4-9,15H2,1-3H3. The van der Waals surface area contributed by atoms with Crippen LogP contribution in [0.15, 0.2) is 0 Å². The summed E-state index contributed by atoms with van der Waals surface area (Å²) in [6.07, 6.45) is 6.90. The third-order valence-corrected chi connectivity index (χ3v) is 4.88. The number of nitrogens with zero attached hydrogens (tertiary/aromatic N) is 1. The van der Waals surface area contributed by atoms with E-state index in [4.69, 9.17) is 5.73 Å². The Labute approximate surface area is 101 Å². The topological polar surface area (TPSA) is 29.3 Å². The molecule has 0 radical (unpaired) electrons. The van der Waals surface area contributed by atoms with Crippen LogP contribution >= 0.6 is 0 Å². The predicted octanol–water partition coefficient (Wildman–Crippen LogP) is 2.62. The molecule has 2 atom stereocenters. The molecule has 0 aromatic heterocycles. The summed E-state index contributed by atoms with van der Waals surface area (Å²) < 4.78 is 0. The van der Waals surface area contributed by atoms with E-state index in [-0.39, 0.29) is 0 Å². The number of piperidine rings is 1. The summed E-state index contributed by atoms with van der Waals surface area (Å²) in [4.78, 5) is 2.75. The van der Waals surface area contributed by atoms with Gasteiger partial charge in [0.15, 0.2) is 0 Å². The van der Waals surface area contributed by atoms with Crippen LogP contribution in [0.3, 0.4) is 0 Å². The molecule has 2 N–H and O–H groups in total. The van der Waals surface area contributed by atoms with Crippen LogP contribution in [-0.4, -0.2) is 29.6 Å². The van der Waals surface area contributed by atoms with Gasteiger partial charge in [-0.3, -0.25) is 4.90 Å². The van der Waals surface area contributed by atoms with Gasteiger partial charge in [0.1, 0.15) is 0 Å². The lowest BCUT2D eigenvalue weighted by atomic mass is 9.71. The van der Waals surface area contributed by atoms with Gasteiger partial charge in [0.25, 0.3) is 0 Å². The molecular formula is C14H28N2. The van der Waals surface area contributed by atoms with E-state index < -0.39 is 0 Å². The first-order chi connectivity index (χ1) is 7.63. The highest BCUT2D eigenvalue weighted by molar-refractivity contribution is 4.95. The highest BCUT2D eigenvalue weighted by Crippen LogP contribution is 2.40. The molecular weight excluding hydrogens is 196 g/mol. The highest BCUT2D eigenvalue weighted by Gasteiger charge is 2.40. The molecule has 94 valence electrons. The molecule has 2 aliphatic rings. The molecule has 0 aromatic rings. The summed E-state index contributed by atoms with van der Waals surface area (Å²) in [5.74, 6) is 1.84. The number of rotatable bonds is 3. The van der Waals surface area contributed by atoms with Crippen molar-refractivity contribution in [3.63, 3.8) is 0 Å². The number of hydrogen-bond donors (Lipinski definition) is 1. The Hall–Kier alpha value is -0.0800. The van der Waals surface area contributed by atoms with Gasteiger partial charge in [-0.1, -0.05) is 20.3 Å². The summed E-state index contributed by atoms with van der Waals surface area (Å²) in [6.45, 7) is 7.97. The van der Waals surface area contributed by atoms with E-state index >= 15 is 0 Å². The normalized spacial score (nSPS) is 41.1. The largest absolute Gasteiger partial charge is 0.329 e. The Morgan fingerprint density at radius 2 is 1.94 bits per heavy atom. The molecule has 0 aromatic carbocycles. The van der Waals surface area contributed by atoms with E-state index in [0.29, 0.717) is 6.04 Å². The molecule has 2 heteroatoms. The van der Waals surface area contributed by atoms with Crippen LogP contribution in [0, 0.1) is 11.8 Å². The maximum atomic E-state index is 5.93. The number of likely N-dealkylation sites (tertiary alicyclic amines) is 1. The van der Waals surface area contributed by atoms with Gasteiger partial charge >= 0.3 is 0 Å². The fourth-order valence-electron chi connectivity index (χ4n) is 3.62. The third-order valence-electron chi connectivity index (χ3n) is 4.88. The van der Waals surface area contributed by atoms with Crippen LogP contribution in [0.1, 0.15) is 52.9 Å². The van der Waals surface area contributed by atoms with Crippen LogP contribution in [0.2, 0.25) is 0 Å². The van der Waals surface area contributed by atoms with E-state index in [9.17, 15) is 0 Å². The SMILES string of the molecule is CC(C)C1CC(N2C(C)CCCC2CN)C1. The maximum Gasteiger partial charge on any atom is 0.0224 e. The monoisotopic (exact) mass is 224 g/mol. The average Bonchev–Trinajstić information content (AvgIpc) is 2.17. The Morgan fingerprint density at radius 1 is 1.25 bits per heavy atom. The lowest BCUT2D eigenvalue weighted by molar-refractivity contribution is -0.0213. The van der Waals surface area contributed by atoms with E-state index in [2.05, 4.69) is 25.7 Å². The molecule has 2 nitrogen and oxygen atoms in total. The smallest absolute Gasteiger partial charge is 0.0224 e. The first-order valence-electron chi connectivity index (χ1n) is 7.11. The second-order valence-corrected chi connectivity index (χ2v) is 6.25. The fourth-order valence-corrected chi connectivity index (χ4v) is 3.62. The van der Waals surface area contributed by atoms with Gasteiger partial charge < -0.3 is 5.73 Å². The van der Waals surface area contributed by atoms with E-state index in [1.807, 2.05) is 0 Å². The Morgan fingerprint density at radius 3 is 2.50 bits per heavy atom. The summed E-state index contributed by atoms with van der Waals surface area (Å²) in [6, 6.07) is 2.28. The zero-order valence-electron chi connectivity index (χ0n) is 11.2. The van der Waals surface area contributed by atoms with Gasteiger partial charge in [-0.25, -0.2) is 0 Å². The summed E-state index contributed by atoms with van der Waals surface area (Å²) in [5, 5.41) is 0. The van der Waals surface area contributed by atoms with E-state index in [1.165, 1.54) is 32.1 Å². The van der Waals surface area contributed by atoms with Crippen molar-refractivity contribution < 1.29 is 0 Å². The second kappa shape index (κ2) is 5.05. The Kier molecular flexibility index (Phi) is 3.91. The van der Waals surface area contributed by atoms with Gasteiger partial charge in [0, 0.05) is 24.7 Å². The quantitative estimate of drug-likeness (QED) is 0.798. The lowest BCUT2D eigenvalue weighted by Crippen LogP contribution is -2.58. The van der Waals surface area contributed by atoms with Crippen molar-refractivity contribution in [1.82, 2.24) is 4.90 Å². The molecule has 0 bridgehead atoms. The zero-order chi connectivity index (χ0) is 11.7. The third kappa shape index (κ3) is 2.28. The Balaban J connectivity index is 1.91. The minimum atomic E-state index is 0.668. The van der Waals surface area contributed by atoms with Crippen LogP contribution in [0.5, 0.6) is 0 Å². The maximum absolute atomic E-state index is 5.93. The molecule has 1 heterocycles. The van der Waals surface area contributed by atoms with Crippen molar-refractivity contribution in [2.45, 2.75) is 71.0 Å². The molecule has 1 aliphatic carbocycles. The van der Waals surface area contributed by atoms with Crippen LogP contribution in [0.4, 0.5) is 0 Å². The van der Waals surface area contributed by atoms with Crippen LogP contribution < -0.4 is 5.73 Å². The number of hydrogen-bond acceptors (Lipinski definition) is 2. The minimum absolute atomic E-state index is 0.668. The summed E-state index contributed by atoms with van der Waals surface area (Å²) in [7, 11) is 0. The minimum Gasteiger partial charge on any atom is -0.329 e. The van der Waals surface area contributed by atoms with Crippen molar-refractivity contribution in [2.24, 2.45) is 17.6 Å². The second-order valence-electron chi connectivity index (χ2n) is 6.25. The zero-order valence-corrected chi connectivity index (χ0v) is 11.2. The molecule has 0 spiro atoms. The number of nitrogens with two attached hydrogens (primary N) is 1. The first kappa shape index (κ1) is 12.4. The Bertz CT molecular complexity index is 221. The molecule has 2 fully saturated rings. The van der Waals surface area contributed by atoms with Crippen molar-refractivity contribution in [2.75, 3.05) is 6.54 Å². The van der Waals surface area contributed by atoms with E-state index in [1.54, 1.807) is 0 Å². The fraction of sp³-hybridized carbons (Fsp3) is 1.00. The molecule has 1 saturated heterocycles. The molecule has 1 aliphatic heterocycles. The first-order valence-corrected chi connectivity index (χ1v) is 7.11. The van der Waals surface area contributed by atoms with Crippen molar-refractivity contribution in [1.29, 1.82) is 0 Å². The van der Waals surface area contributed by atoms with Crippen LogP contribution in [-0.2, 0) is 0 Å². The van der Waals surface area contributed by atoms with Gasteiger partial charge in [0.2, 0.25) is 0 Å². The lowest BCUT2D eigenvalue weighted by Gasteiger charge is -2.52. The predicted molar refractivity (Wildman–Crippen MR) is 69.3 cm³/mol. The van der Waals surface area contributed by atoms with Crippen molar-refractivity contribution in [3.8, 4) is 0 Å². The molecule has 16 heavy (non-hydrogen) atoms. The summed E-state index contributed by atoms with van der Waals surface area (Å²) in [5.41, 5.74) is 5.93. The van der Waals surface area contributed by atoms with Gasteiger partial charge in [0.05, 0.1) is 0 Å². The summed E-state index contributed by atoms with van der Waals surface area (Å²) >= 11 is 0. The van der Waals surface area contributed by atoms with Gasteiger partial charge in [-0.2, -0.15) is 0 Å². The molecule has 2 unspecified atom stereocenters. The van der Waals surface area contributed by atoms with Crippen molar-refractivity contribution >= 4 is 0 Å². The van der Waals surface area contributed by atoms with Gasteiger partial charge in [-0.05, 0) is 44.4 Å². The molecule has 2 rings (SSSR count). The average molecular weight is 224 g/mol. The van der Waals surface area contributed by atoms with E-state index in [0.717, 1.165) is 30.5 Å². The van der Waals surface area contributed by atoms with Crippen LogP contribution in [0.25, 0.3) is 0 Å².